The molecule has 21 heavy (non-hydrogen) atoms. The lowest BCUT2D eigenvalue weighted by Gasteiger charge is -2.64. The summed E-state index contributed by atoms with van der Waals surface area (Å²) in [6.07, 6.45) is 8.77. The summed E-state index contributed by atoms with van der Waals surface area (Å²) in [6.45, 7) is 5.78. The predicted octanol–water partition coefficient (Wildman–Crippen LogP) is 3.89. The minimum atomic E-state index is -0.479. The molecule has 3 aliphatic rings. The highest BCUT2D eigenvalue weighted by atomic mass is 16.6. The van der Waals surface area contributed by atoms with Gasteiger partial charge in [-0.05, 0) is 30.6 Å². The maximum atomic E-state index is 12.7. The van der Waals surface area contributed by atoms with E-state index >= 15 is 0 Å². The number of ether oxygens (including phenoxy) is 1. The fourth-order valence-electron chi connectivity index (χ4n) is 5.58. The van der Waals surface area contributed by atoms with E-state index in [0.29, 0.717) is 24.0 Å². The van der Waals surface area contributed by atoms with Crippen molar-refractivity contribution in [3.8, 4) is 0 Å². The standard InChI is InChI=1S/C18H28O3/c1-12(19)21-18-11-17(2,3)10-15(20)16(18)13-8-6-4-5-7-9-14(13)18/h13-14,16H,4-11H2,1-3H3. The normalized spacial score (nSPS) is 41.9. The summed E-state index contributed by atoms with van der Waals surface area (Å²) >= 11 is 0. The van der Waals surface area contributed by atoms with Crippen molar-refractivity contribution in [1.82, 2.24) is 0 Å². The van der Waals surface area contributed by atoms with Gasteiger partial charge in [0.25, 0.3) is 0 Å². The molecule has 0 aromatic heterocycles. The van der Waals surface area contributed by atoms with Crippen molar-refractivity contribution in [1.29, 1.82) is 0 Å². The van der Waals surface area contributed by atoms with Crippen LogP contribution in [-0.2, 0) is 14.3 Å². The molecule has 3 rings (SSSR count). The van der Waals surface area contributed by atoms with Gasteiger partial charge in [-0.25, -0.2) is 0 Å². The van der Waals surface area contributed by atoms with Gasteiger partial charge in [0.05, 0.1) is 5.92 Å². The number of carbonyl (C=O) groups is 2. The molecule has 4 atom stereocenters. The predicted molar refractivity (Wildman–Crippen MR) is 80.7 cm³/mol. The SMILES string of the molecule is CC(=O)OC12CC(C)(C)CC(=O)C1C1CCCCCCC12. The molecule has 3 fully saturated rings. The van der Waals surface area contributed by atoms with Crippen LogP contribution in [0.5, 0.6) is 0 Å². The topological polar surface area (TPSA) is 43.4 Å². The van der Waals surface area contributed by atoms with Crippen LogP contribution in [0.25, 0.3) is 0 Å². The second-order valence-corrected chi connectivity index (χ2v) is 8.27. The minimum absolute atomic E-state index is 0.0162. The number of esters is 1. The molecule has 4 unspecified atom stereocenters. The van der Waals surface area contributed by atoms with E-state index in [-0.39, 0.29) is 17.3 Å². The summed E-state index contributed by atoms with van der Waals surface area (Å²) in [5, 5.41) is 0. The van der Waals surface area contributed by atoms with Crippen LogP contribution in [0.4, 0.5) is 0 Å². The molecule has 3 saturated carbocycles. The minimum Gasteiger partial charge on any atom is -0.458 e. The van der Waals surface area contributed by atoms with Crippen LogP contribution in [0.3, 0.4) is 0 Å². The fourth-order valence-corrected chi connectivity index (χ4v) is 5.58. The average molecular weight is 292 g/mol. The Bertz CT molecular complexity index is 453. The van der Waals surface area contributed by atoms with E-state index in [4.69, 9.17) is 4.74 Å². The molecule has 0 aromatic rings. The average Bonchev–Trinajstić information content (AvgIpc) is 2.28. The van der Waals surface area contributed by atoms with Crippen molar-refractivity contribution in [2.24, 2.45) is 23.2 Å². The summed E-state index contributed by atoms with van der Waals surface area (Å²) < 4.78 is 5.89. The van der Waals surface area contributed by atoms with Gasteiger partial charge in [0.15, 0.2) is 0 Å². The van der Waals surface area contributed by atoms with Gasteiger partial charge in [0, 0.05) is 19.3 Å². The molecule has 0 radical (unpaired) electrons. The molecule has 0 saturated heterocycles. The quantitative estimate of drug-likeness (QED) is 0.689. The molecule has 3 aliphatic carbocycles. The zero-order valence-corrected chi connectivity index (χ0v) is 13.6. The Hall–Kier alpha value is -0.860. The fraction of sp³-hybridized carbons (Fsp3) is 0.889. The number of carbonyl (C=O) groups excluding carboxylic acids is 2. The number of hydrogen-bond donors (Lipinski definition) is 0. The Morgan fingerprint density at radius 3 is 2.48 bits per heavy atom. The third kappa shape index (κ3) is 2.43. The molecular weight excluding hydrogens is 264 g/mol. The van der Waals surface area contributed by atoms with E-state index in [9.17, 15) is 9.59 Å². The molecule has 0 bridgehead atoms. The zero-order chi connectivity index (χ0) is 15.3. The Balaban J connectivity index is 1.94. The number of ketones is 1. The first kappa shape index (κ1) is 15.1. The maximum absolute atomic E-state index is 12.7. The number of rotatable bonds is 1. The van der Waals surface area contributed by atoms with Crippen molar-refractivity contribution in [3.63, 3.8) is 0 Å². The first-order chi connectivity index (χ1) is 9.86. The Morgan fingerprint density at radius 2 is 1.81 bits per heavy atom. The molecule has 0 spiro atoms. The van der Waals surface area contributed by atoms with Gasteiger partial charge in [-0.1, -0.05) is 39.5 Å². The van der Waals surface area contributed by atoms with Crippen molar-refractivity contribution in [2.45, 2.75) is 77.7 Å². The van der Waals surface area contributed by atoms with E-state index in [1.54, 1.807) is 0 Å². The summed E-state index contributed by atoms with van der Waals surface area (Å²) in [7, 11) is 0. The van der Waals surface area contributed by atoms with Gasteiger partial charge in [-0.15, -0.1) is 0 Å². The first-order valence-electron chi connectivity index (χ1n) is 8.58. The number of fused-ring (bicyclic) bond motifs is 4. The van der Waals surface area contributed by atoms with E-state index in [2.05, 4.69) is 13.8 Å². The lowest BCUT2D eigenvalue weighted by atomic mass is 9.43. The molecule has 3 nitrogen and oxygen atoms in total. The highest BCUT2D eigenvalue weighted by Crippen LogP contribution is 2.64. The molecule has 0 heterocycles. The van der Waals surface area contributed by atoms with E-state index < -0.39 is 5.60 Å². The van der Waals surface area contributed by atoms with Crippen molar-refractivity contribution < 1.29 is 14.3 Å². The highest BCUT2D eigenvalue weighted by molar-refractivity contribution is 5.86. The molecule has 3 heteroatoms. The monoisotopic (exact) mass is 292 g/mol. The molecule has 0 N–H and O–H groups in total. The van der Waals surface area contributed by atoms with Gasteiger partial charge in [0.2, 0.25) is 0 Å². The smallest absolute Gasteiger partial charge is 0.303 e. The maximum Gasteiger partial charge on any atom is 0.303 e. The molecule has 0 aliphatic heterocycles. The molecule has 118 valence electrons. The van der Waals surface area contributed by atoms with E-state index in [1.807, 2.05) is 0 Å². The van der Waals surface area contributed by atoms with Gasteiger partial charge in [0.1, 0.15) is 11.4 Å². The Kier molecular flexibility index (Phi) is 3.66. The highest BCUT2D eigenvalue weighted by Gasteiger charge is 2.69. The van der Waals surface area contributed by atoms with Crippen LogP contribution in [0.15, 0.2) is 0 Å². The summed E-state index contributed by atoms with van der Waals surface area (Å²) in [6, 6.07) is 0. The third-order valence-corrected chi connectivity index (χ3v) is 5.99. The lowest BCUT2D eigenvalue weighted by molar-refractivity contribution is -0.247. The summed E-state index contributed by atoms with van der Waals surface area (Å²) in [5.74, 6) is 0.987. The van der Waals surface area contributed by atoms with Crippen LogP contribution < -0.4 is 0 Å². The Labute approximate surface area is 127 Å². The van der Waals surface area contributed by atoms with Gasteiger partial charge < -0.3 is 4.74 Å². The Morgan fingerprint density at radius 1 is 1.14 bits per heavy atom. The van der Waals surface area contributed by atoms with Crippen molar-refractivity contribution >= 4 is 11.8 Å². The van der Waals surface area contributed by atoms with Crippen molar-refractivity contribution in [3.05, 3.63) is 0 Å². The molecule has 0 amide bonds. The lowest BCUT2D eigenvalue weighted by Crippen LogP contribution is -2.70. The second kappa shape index (κ2) is 5.10. The van der Waals surface area contributed by atoms with E-state index in [1.165, 1.54) is 32.6 Å². The van der Waals surface area contributed by atoms with Gasteiger partial charge in [-0.3, -0.25) is 9.59 Å². The van der Waals surface area contributed by atoms with Crippen molar-refractivity contribution in [2.75, 3.05) is 0 Å². The van der Waals surface area contributed by atoms with Crippen LogP contribution in [-0.4, -0.2) is 17.4 Å². The molecule has 0 aromatic carbocycles. The first-order valence-corrected chi connectivity index (χ1v) is 8.58. The number of Topliss-reactive ketones (excluding diaryl/α,β-unsaturated/α-hetero) is 1. The second-order valence-electron chi connectivity index (χ2n) is 8.27. The summed E-state index contributed by atoms with van der Waals surface area (Å²) in [4.78, 5) is 24.4. The zero-order valence-electron chi connectivity index (χ0n) is 13.6. The van der Waals surface area contributed by atoms with Crippen LogP contribution in [0, 0.1) is 23.2 Å². The van der Waals surface area contributed by atoms with E-state index in [0.717, 1.165) is 19.3 Å². The number of hydrogen-bond acceptors (Lipinski definition) is 3. The summed E-state index contributed by atoms with van der Waals surface area (Å²) in [5.41, 5.74) is -0.525. The molecular formula is C18H28O3. The van der Waals surface area contributed by atoms with Crippen LogP contribution >= 0.6 is 0 Å². The van der Waals surface area contributed by atoms with Gasteiger partial charge >= 0.3 is 5.97 Å². The third-order valence-electron chi connectivity index (χ3n) is 5.99. The largest absolute Gasteiger partial charge is 0.458 e. The van der Waals surface area contributed by atoms with Crippen LogP contribution in [0.2, 0.25) is 0 Å². The van der Waals surface area contributed by atoms with Gasteiger partial charge in [-0.2, -0.15) is 0 Å². The van der Waals surface area contributed by atoms with Crippen LogP contribution in [0.1, 0.15) is 72.1 Å².